The zero-order valence-corrected chi connectivity index (χ0v) is 18.4. The summed E-state index contributed by atoms with van der Waals surface area (Å²) in [4.78, 5) is 27.0. The summed E-state index contributed by atoms with van der Waals surface area (Å²) in [5.41, 5.74) is 3.17. The predicted octanol–water partition coefficient (Wildman–Crippen LogP) is 4.43. The molecule has 4 heterocycles. The molecule has 4 aromatic heterocycles. The van der Waals surface area contributed by atoms with E-state index in [1.54, 1.807) is 23.9 Å². The smallest absolute Gasteiger partial charge is 0.349 e. The highest BCUT2D eigenvalue weighted by atomic mass is 32.1. The van der Waals surface area contributed by atoms with E-state index in [0.29, 0.717) is 17.0 Å². The van der Waals surface area contributed by atoms with E-state index in [9.17, 15) is 9.59 Å². The fraction of sp³-hybridized carbons (Fsp3) is 0.318. The standard InChI is InChI=1S/C22H23N3O4S/c1-12-9-18(14(3)25(12)11-16-7-6-8-28-16)20(26)15(4)29-22(27)19-10-17-13(2)23-24(5)21(17)30-19/h6-10,15H,11H2,1-5H3. The van der Waals surface area contributed by atoms with Crippen molar-refractivity contribution in [3.63, 3.8) is 0 Å². The van der Waals surface area contributed by atoms with Crippen LogP contribution in [0.1, 0.15) is 49.8 Å². The van der Waals surface area contributed by atoms with E-state index >= 15 is 0 Å². The molecule has 4 aromatic rings. The minimum absolute atomic E-state index is 0.221. The second-order valence-electron chi connectivity index (χ2n) is 7.40. The van der Waals surface area contributed by atoms with Crippen LogP contribution in [0.5, 0.6) is 0 Å². The van der Waals surface area contributed by atoms with Gasteiger partial charge in [-0.15, -0.1) is 11.3 Å². The summed E-state index contributed by atoms with van der Waals surface area (Å²) in [5.74, 6) is 0.0896. The number of Topliss-reactive ketones (excluding diaryl/α,β-unsaturated/α-hetero) is 1. The molecule has 0 spiro atoms. The van der Waals surface area contributed by atoms with E-state index < -0.39 is 12.1 Å². The Morgan fingerprint density at radius 3 is 2.70 bits per heavy atom. The molecular formula is C22H23N3O4S. The van der Waals surface area contributed by atoms with E-state index in [0.717, 1.165) is 33.1 Å². The van der Waals surface area contributed by atoms with Crippen molar-refractivity contribution in [3.05, 3.63) is 63.8 Å². The van der Waals surface area contributed by atoms with Crippen LogP contribution < -0.4 is 0 Å². The summed E-state index contributed by atoms with van der Waals surface area (Å²) in [6.07, 6.45) is 0.738. The van der Waals surface area contributed by atoms with Crippen LogP contribution in [-0.2, 0) is 18.3 Å². The summed E-state index contributed by atoms with van der Waals surface area (Å²) in [6.45, 7) is 7.88. The van der Waals surface area contributed by atoms with Crippen molar-refractivity contribution in [2.45, 2.75) is 40.3 Å². The van der Waals surface area contributed by atoms with Crippen molar-refractivity contribution in [2.75, 3.05) is 0 Å². The van der Waals surface area contributed by atoms with Gasteiger partial charge in [0.05, 0.1) is 18.5 Å². The lowest BCUT2D eigenvalue weighted by molar-refractivity contribution is 0.0323. The number of esters is 1. The zero-order chi connectivity index (χ0) is 21.6. The van der Waals surface area contributed by atoms with Crippen LogP contribution in [0, 0.1) is 20.8 Å². The molecule has 0 N–H and O–H groups in total. The topological polar surface area (TPSA) is 79.3 Å². The van der Waals surface area contributed by atoms with Crippen molar-refractivity contribution >= 4 is 33.3 Å². The minimum Gasteiger partial charge on any atom is -0.467 e. The van der Waals surface area contributed by atoms with Crippen molar-refractivity contribution in [2.24, 2.45) is 7.05 Å². The molecule has 0 aromatic carbocycles. The van der Waals surface area contributed by atoms with Crippen LogP contribution >= 0.6 is 11.3 Å². The van der Waals surface area contributed by atoms with Gasteiger partial charge in [0.1, 0.15) is 15.5 Å². The summed E-state index contributed by atoms with van der Waals surface area (Å²) in [5, 5.41) is 5.26. The van der Waals surface area contributed by atoms with Crippen molar-refractivity contribution in [1.82, 2.24) is 14.3 Å². The third-order valence-corrected chi connectivity index (χ3v) is 6.47. The minimum atomic E-state index is -0.889. The van der Waals surface area contributed by atoms with Gasteiger partial charge in [-0.2, -0.15) is 5.10 Å². The van der Waals surface area contributed by atoms with Crippen molar-refractivity contribution in [3.8, 4) is 0 Å². The molecule has 1 unspecified atom stereocenters. The average Bonchev–Trinajstić information content (AvgIpc) is 3.46. The second-order valence-corrected chi connectivity index (χ2v) is 8.43. The van der Waals surface area contributed by atoms with Gasteiger partial charge in [-0.3, -0.25) is 9.48 Å². The maximum atomic E-state index is 13.0. The number of hydrogen-bond donors (Lipinski definition) is 0. The number of fused-ring (bicyclic) bond motifs is 1. The van der Waals surface area contributed by atoms with Gasteiger partial charge < -0.3 is 13.7 Å². The van der Waals surface area contributed by atoms with Crippen LogP contribution in [0.25, 0.3) is 10.2 Å². The summed E-state index contributed by atoms with van der Waals surface area (Å²) in [6, 6.07) is 7.34. The number of ketones is 1. The number of nitrogens with zero attached hydrogens (tertiary/aromatic N) is 3. The van der Waals surface area contributed by atoms with Gasteiger partial charge in [0.2, 0.25) is 5.78 Å². The summed E-state index contributed by atoms with van der Waals surface area (Å²) in [7, 11) is 1.84. The van der Waals surface area contributed by atoms with Gasteiger partial charge in [-0.1, -0.05) is 0 Å². The number of hydrogen-bond acceptors (Lipinski definition) is 6. The molecule has 7 nitrogen and oxygen atoms in total. The Labute approximate surface area is 177 Å². The highest BCUT2D eigenvalue weighted by molar-refractivity contribution is 7.20. The Bertz CT molecular complexity index is 1210. The highest BCUT2D eigenvalue weighted by Crippen LogP contribution is 2.28. The largest absolute Gasteiger partial charge is 0.467 e. The average molecular weight is 426 g/mol. The number of furan rings is 1. The van der Waals surface area contributed by atoms with Crippen LogP contribution in [0.15, 0.2) is 34.9 Å². The van der Waals surface area contributed by atoms with Crippen molar-refractivity contribution < 1.29 is 18.7 Å². The molecule has 0 saturated carbocycles. The molecule has 0 radical (unpaired) electrons. The quantitative estimate of drug-likeness (QED) is 0.337. The lowest BCUT2D eigenvalue weighted by atomic mass is 10.1. The molecule has 0 aliphatic rings. The number of carbonyl (C=O) groups excluding carboxylic acids is 2. The van der Waals surface area contributed by atoms with Crippen molar-refractivity contribution in [1.29, 1.82) is 0 Å². The van der Waals surface area contributed by atoms with Gasteiger partial charge in [0.25, 0.3) is 0 Å². The van der Waals surface area contributed by atoms with E-state index in [4.69, 9.17) is 9.15 Å². The molecule has 8 heteroatoms. The number of carbonyl (C=O) groups is 2. The molecule has 0 aliphatic carbocycles. The second kappa shape index (κ2) is 7.60. The first-order valence-electron chi connectivity index (χ1n) is 9.63. The summed E-state index contributed by atoms with van der Waals surface area (Å²) < 4.78 is 14.7. The number of rotatable bonds is 6. The molecule has 4 rings (SSSR count). The fourth-order valence-corrected chi connectivity index (χ4v) is 4.66. The molecule has 0 amide bonds. The molecule has 1 atom stereocenters. The van der Waals surface area contributed by atoms with Gasteiger partial charge >= 0.3 is 5.97 Å². The maximum Gasteiger partial charge on any atom is 0.349 e. The first-order chi connectivity index (χ1) is 14.3. The highest BCUT2D eigenvalue weighted by Gasteiger charge is 2.26. The number of thiophene rings is 1. The third kappa shape index (κ3) is 3.47. The number of ether oxygens (including phenoxy) is 1. The normalized spacial score (nSPS) is 12.4. The molecule has 0 bridgehead atoms. The molecule has 0 saturated heterocycles. The predicted molar refractivity (Wildman–Crippen MR) is 114 cm³/mol. The Morgan fingerprint density at radius 2 is 2.03 bits per heavy atom. The lowest BCUT2D eigenvalue weighted by Crippen LogP contribution is -2.24. The Balaban J connectivity index is 1.51. The molecule has 156 valence electrons. The van der Waals surface area contributed by atoms with Crippen LogP contribution in [-0.4, -0.2) is 32.2 Å². The Morgan fingerprint density at radius 1 is 1.27 bits per heavy atom. The van der Waals surface area contributed by atoms with Crippen LogP contribution in [0.2, 0.25) is 0 Å². The molecule has 0 aliphatic heterocycles. The monoisotopic (exact) mass is 425 g/mol. The summed E-state index contributed by atoms with van der Waals surface area (Å²) >= 11 is 1.31. The van der Waals surface area contributed by atoms with E-state index in [2.05, 4.69) is 5.10 Å². The van der Waals surface area contributed by atoms with Gasteiger partial charge in [-0.05, 0) is 52.0 Å². The maximum absolute atomic E-state index is 13.0. The Kier molecular flexibility index (Phi) is 5.11. The van der Waals surface area contributed by atoms with E-state index in [1.165, 1.54) is 11.3 Å². The lowest BCUT2D eigenvalue weighted by Gasteiger charge is -2.12. The van der Waals surface area contributed by atoms with Crippen LogP contribution in [0.3, 0.4) is 0 Å². The Hall–Kier alpha value is -3.13. The zero-order valence-electron chi connectivity index (χ0n) is 17.6. The molecular weight excluding hydrogens is 402 g/mol. The molecule has 0 fully saturated rings. The number of aryl methyl sites for hydroxylation is 3. The van der Waals surface area contributed by atoms with Gasteiger partial charge in [-0.25, -0.2) is 4.79 Å². The van der Waals surface area contributed by atoms with Gasteiger partial charge in [0.15, 0.2) is 6.10 Å². The van der Waals surface area contributed by atoms with Gasteiger partial charge in [0, 0.05) is 29.4 Å². The third-order valence-electron chi connectivity index (χ3n) is 5.28. The van der Waals surface area contributed by atoms with Crippen LogP contribution in [0.4, 0.5) is 0 Å². The van der Waals surface area contributed by atoms with E-state index in [-0.39, 0.29) is 5.78 Å². The first kappa shape index (κ1) is 20.2. The number of aromatic nitrogens is 3. The first-order valence-corrected chi connectivity index (χ1v) is 10.5. The fourth-order valence-electron chi connectivity index (χ4n) is 3.65. The SMILES string of the molecule is Cc1nn(C)c2sc(C(=O)OC(C)C(=O)c3cc(C)n(Cc4ccco4)c3C)cc12. The van der Waals surface area contributed by atoms with E-state index in [1.807, 2.05) is 50.6 Å². The molecule has 30 heavy (non-hydrogen) atoms.